The summed E-state index contributed by atoms with van der Waals surface area (Å²) in [6.07, 6.45) is 0. The Labute approximate surface area is 296 Å². The summed E-state index contributed by atoms with van der Waals surface area (Å²) >= 11 is 0. The summed E-state index contributed by atoms with van der Waals surface area (Å²) in [5, 5.41) is 0. The molecule has 51 heavy (non-hydrogen) atoms. The average Bonchev–Trinajstić information content (AvgIpc) is 3.43. The number of benzene rings is 6. The van der Waals surface area contributed by atoms with Gasteiger partial charge in [-0.2, -0.15) is 0 Å². The second kappa shape index (κ2) is 13.1. The third kappa shape index (κ3) is 6.06. The maximum absolute atomic E-state index is 12.2. The molecule has 6 aromatic carbocycles. The van der Waals surface area contributed by atoms with Crippen LogP contribution in [0.1, 0.15) is 91.4 Å². The molecule has 0 fully saturated rings. The van der Waals surface area contributed by atoms with Crippen LogP contribution in [0.2, 0.25) is 0 Å². The van der Waals surface area contributed by atoms with Crippen LogP contribution in [-0.2, 0) is 5.41 Å². The summed E-state index contributed by atoms with van der Waals surface area (Å²) in [6, 6.07) is 42.4. The third-order valence-electron chi connectivity index (χ3n) is 9.44. The number of ether oxygens (including phenoxy) is 2. The molecule has 0 heterocycles. The monoisotopic (exact) mass is 670 g/mol. The van der Waals surface area contributed by atoms with Crippen molar-refractivity contribution in [1.82, 2.24) is 0 Å². The zero-order chi connectivity index (χ0) is 35.9. The number of carbonyl (C=O) groups excluding carboxylic acids is 4. The molecule has 0 aromatic heterocycles. The molecule has 6 aromatic rings. The number of Topliss-reactive ketones (excluding diaryl/α,β-unsaturated/α-hetero) is 4. The minimum absolute atomic E-state index is 0.152. The molecule has 7 rings (SSSR count). The van der Waals surface area contributed by atoms with E-state index in [2.05, 4.69) is 72.8 Å². The van der Waals surface area contributed by atoms with Gasteiger partial charge in [0.15, 0.2) is 23.1 Å². The van der Waals surface area contributed by atoms with Crippen molar-refractivity contribution in [1.29, 1.82) is 0 Å². The van der Waals surface area contributed by atoms with Crippen LogP contribution in [0.5, 0.6) is 23.0 Å². The lowest BCUT2D eigenvalue weighted by molar-refractivity contribution is 0.0997. The van der Waals surface area contributed by atoms with E-state index >= 15 is 0 Å². The molecule has 1 aliphatic carbocycles. The van der Waals surface area contributed by atoms with Crippen LogP contribution >= 0.6 is 0 Å². The lowest BCUT2D eigenvalue weighted by atomic mass is 9.68. The zero-order valence-electron chi connectivity index (χ0n) is 28.7. The van der Waals surface area contributed by atoms with Crippen LogP contribution in [0.4, 0.5) is 0 Å². The topological polar surface area (TPSA) is 86.7 Å². The van der Waals surface area contributed by atoms with Gasteiger partial charge in [-0.05, 0) is 122 Å². The Morgan fingerprint density at radius 1 is 0.392 bits per heavy atom. The first-order valence-electron chi connectivity index (χ1n) is 16.6. The first-order valence-corrected chi connectivity index (χ1v) is 16.6. The van der Waals surface area contributed by atoms with Gasteiger partial charge in [0, 0.05) is 22.3 Å². The molecule has 250 valence electrons. The molecule has 0 unspecified atom stereocenters. The molecule has 6 nitrogen and oxygen atoms in total. The Bertz CT molecular complexity index is 2130. The molecule has 0 N–H and O–H groups in total. The van der Waals surface area contributed by atoms with E-state index in [0.717, 1.165) is 33.4 Å². The molecule has 0 atom stereocenters. The summed E-state index contributed by atoms with van der Waals surface area (Å²) in [6.45, 7) is 5.85. The molecular formula is C45H34O6. The molecular weight excluding hydrogens is 636 g/mol. The molecule has 0 aliphatic heterocycles. The van der Waals surface area contributed by atoms with Gasteiger partial charge in [-0.3, -0.25) is 19.2 Å². The first kappa shape index (κ1) is 33.1. The number of carbonyl (C=O) groups is 4. The van der Waals surface area contributed by atoms with Crippen LogP contribution in [-0.4, -0.2) is 23.1 Å². The number of hydrogen-bond donors (Lipinski definition) is 0. The lowest BCUT2D eigenvalue weighted by Gasteiger charge is -2.34. The van der Waals surface area contributed by atoms with Gasteiger partial charge < -0.3 is 9.47 Å². The predicted octanol–water partition coefficient (Wildman–Crippen LogP) is 10.4. The summed E-state index contributed by atoms with van der Waals surface area (Å²) < 4.78 is 12.4. The number of rotatable bonds is 10. The normalized spacial score (nSPS) is 12.4. The van der Waals surface area contributed by atoms with E-state index in [1.54, 1.807) is 36.4 Å². The molecule has 0 amide bonds. The molecule has 0 spiro atoms. The van der Waals surface area contributed by atoms with E-state index < -0.39 is 5.41 Å². The maximum Gasteiger partial charge on any atom is 0.159 e. The highest BCUT2D eigenvalue weighted by Crippen LogP contribution is 2.56. The SMILES string of the molecule is CC(=O)c1cc(Oc2ccc(C3(c4ccc(Oc5cc(C(C)=O)cc(C(C)=O)c5)cc4)c4ccccc4-c4ccccc43)cc2)cc(C(C)=O)c1. The second-order valence-corrected chi connectivity index (χ2v) is 12.8. The summed E-state index contributed by atoms with van der Waals surface area (Å²) in [4.78, 5) is 48.7. The Kier molecular flexibility index (Phi) is 8.53. The van der Waals surface area contributed by atoms with E-state index in [1.165, 1.54) is 27.7 Å². The summed E-state index contributed by atoms with van der Waals surface area (Å²) in [5.74, 6) is 1.33. The standard InChI is InChI=1S/C45H34O6/c1-27(46)31-21-32(28(2)47)24-39(23-31)50-37-17-13-35(14-18-37)45(43-11-7-5-9-41(43)42-10-6-8-12-44(42)45)36-15-19-38(20-16-36)51-40-25-33(29(3)48)22-34(26-40)30(4)49/h5-26H,1-4H3. The zero-order valence-corrected chi connectivity index (χ0v) is 28.7. The van der Waals surface area contributed by atoms with E-state index in [9.17, 15) is 19.2 Å². The van der Waals surface area contributed by atoms with Crippen molar-refractivity contribution in [3.8, 4) is 34.1 Å². The quantitative estimate of drug-likeness (QED) is 0.135. The van der Waals surface area contributed by atoms with E-state index in [1.807, 2.05) is 24.3 Å². The van der Waals surface area contributed by atoms with Crippen molar-refractivity contribution in [2.75, 3.05) is 0 Å². The van der Waals surface area contributed by atoms with Crippen molar-refractivity contribution in [2.45, 2.75) is 33.1 Å². The summed E-state index contributed by atoms with van der Waals surface area (Å²) in [5.41, 5.74) is 7.53. The Hall–Kier alpha value is -6.40. The molecule has 1 aliphatic rings. The number of hydrogen-bond acceptors (Lipinski definition) is 6. The molecule has 0 bridgehead atoms. The van der Waals surface area contributed by atoms with Crippen LogP contribution in [0.25, 0.3) is 11.1 Å². The van der Waals surface area contributed by atoms with E-state index in [0.29, 0.717) is 45.3 Å². The fourth-order valence-corrected chi connectivity index (χ4v) is 6.97. The van der Waals surface area contributed by atoms with Crippen molar-refractivity contribution in [3.63, 3.8) is 0 Å². The van der Waals surface area contributed by atoms with Crippen LogP contribution in [0, 0.1) is 0 Å². The number of ketones is 4. The molecule has 0 saturated heterocycles. The highest BCUT2D eigenvalue weighted by molar-refractivity contribution is 6.01. The summed E-state index contributed by atoms with van der Waals surface area (Å²) in [7, 11) is 0. The van der Waals surface area contributed by atoms with Crippen molar-refractivity contribution in [2.24, 2.45) is 0 Å². The third-order valence-corrected chi connectivity index (χ3v) is 9.44. The van der Waals surface area contributed by atoms with Crippen molar-refractivity contribution >= 4 is 23.1 Å². The van der Waals surface area contributed by atoms with Gasteiger partial charge in [0.05, 0.1) is 5.41 Å². The highest BCUT2D eigenvalue weighted by atomic mass is 16.5. The minimum atomic E-state index is -0.684. The fraction of sp³-hybridized carbons (Fsp3) is 0.111. The van der Waals surface area contributed by atoms with Crippen LogP contribution in [0.3, 0.4) is 0 Å². The van der Waals surface area contributed by atoms with E-state index in [-0.39, 0.29) is 23.1 Å². The first-order chi connectivity index (χ1) is 24.5. The fourth-order valence-electron chi connectivity index (χ4n) is 6.97. The molecule has 6 heteroatoms. The minimum Gasteiger partial charge on any atom is -0.457 e. The predicted molar refractivity (Wildman–Crippen MR) is 197 cm³/mol. The van der Waals surface area contributed by atoms with Crippen molar-refractivity contribution < 1.29 is 28.7 Å². The Morgan fingerprint density at radius 3 is 1.02 bits per heavy atom. The lowest BCUT2D eigenvalue weighted by Crippen LogP contribution is -2.28. The Balaban J connectivity index is 1.31. The van der Waals surface area contributed by atoms with Crippen LogP contribution < -0.4 is 9.47 Å². The second-order valence-electron chi connectivity index (χ2n) is 12.8. The maximum atomic E-state index is 12.2. The van der Waals surface area contributed by atoms with Crippen LogP contribution in [0.15, 0.2) is 133 Å². The van der Waals surface area contributed by atoms with Gasteiger partial charge in [-0.15, -0.1) is 0 Å². The van der Waals surface area contributed by atoms with E-state index in [4.69, 9.17) is 9.47 Å². The van der Waals surface area contributed by atoms with Gasteiger partial charge in [0.1, 0.15) is 23.0 Å². The number of fused-ring (bicyclic) bond motifs is 3. The molecule has 0 saturated carbocycles. The van der Waals surface area contributed by atoms with Gasteiger partial charge in [0.2, 0.25) is 0 Å². The van der Waals surface area contributed by atoms with Crippen molar-refractivity contribution in [3.05, 3.63) is 178 Å². The molecule has 0 radical (unpaired) electrons. The largest absolute Gasteiger partial charge is 0.457 e. The van der Waals surface area contributed by atoms with Gasteiger partial charge in [-0.1, -0.05) is 72.8 Å². The van der Waals surface area contributed by atoms with Gasteiger partial charge in [0.25, 0.3) is 0 Å². The Morgan fingerprint density at radius 2 is 0.706 bits per heavy atom. The van der Waals surface area contributed by atoms with Gasteiger partial charge >= 0.3 is 0 Å². The average molecular weight is 671 g/mol. The van der Waals surface area contributed by atoms with Gasteiger partial charge in [-0.25, -0.2) is 0 Å². The smallest absolute Gasteiger partial charge is 0.159 e. The highest BCUT2D eigenvalue weighted by Gasteiger charge is 2.45.